The van der Waals surface area contributed by atoms with E-state index in [1.54, 1.807) is 30.7 Å². The number of nitrogens with zero attached hydrogens (tertiary/aromatic N) is 2. The highest BCUT2D eigenvalue weighted by atomic mass is 32.2. The molecule has 35 heavy (non-hydrogen) atoms. The lowest BCUT2D eigenvalue weighted by Gasteiger charge is -2.21. The Bertz CT molecular complexity index is 1490. The zero-order chi connectivity index (χ0) is 25.3. The summed E-state index contributed by atoms with van der Waals surface area (Å²) in [7, 11) is -3.70. The number of carboxylic acid groups (broad SMARTS) is 1. The molecule has 9 heteroatoms. The number of hydrogen-bond donors (Lipinski definition) is 1. The Balaban J connectivity index is 1.51. The van der Waals surface area contributed by atoms with Crippen LogP contribution >= 0.6 is 11.3 Å². The summed E-state index contributed by atoms with van der Waals surface area (Å²) >= 11 is 1.19. The van der Waals surface area contributed by atoms with Gasteiger partial charge in [-0.1, -0.05) is 13.0 Å². The lowest BCUT2D eigenvalue weighted by molar-refractivity contribution is -0.140. The van der Waals surface area contributed by atoms with E-state index in [1.807, 2.05) is 31.2 Å². The van der Waals surface area contributed by atoms with Crippen LogP contribution in [-0.2, 0) is 21.2 Å². The lowest BCUT2D eigenvalue weighted by atomic mass is 10.1. The average Bonchev–Trinajstić information content (AvgIpc) is 3.39. The van der Waals surface area contributed by atoms with Crippen molar-refractivity contribution in [3.8, 4) is 0 Å². The Hall–Kier alpha value is -2.75. The fraction of sp³-hybridized carbons (Fsp3) is 0.346. The van der Waals surface area contributed by atoms with E-state index in [0.29, 0.717) is 43.3 Å². The standard InChI is InChI=1S/C26H29FN2O4S2/c1-4-12-28(35(32,33)26-17(2)22-16-21(27)8-10-24(22)34-26)13-5-6-19-7-9-23-20(15-19)11-14-29(23)18(3)25(30)31/h7-11,14-16,18H,4-6,12-13H2,1-3H3,(H,30,31). The number of benzene rings is 2. The van der Waals surface area contributed by atoms with Crippen molar-refractivity contribution in [2.24, 2.45) is 0 Å². The number of aliphatic carboxylic acids is 1. The van der Waals surface area contributed by atoms with Crippen LogP contribution in [0.5, 0.6) is 0 Å². The lowest BCUT2D eigenvalue weighted by Crippen LogP contribution is -2.33. The maximum atomic E-state index is 13.7. The highest BCUT2D eigenvalue weighted by Gasteiger charge is 2.28. The monoisotopic (exact) mass is 516 g/mol. The van der Waals surface area contributed by atoms with Crippen molar-refractivity contribution in [3.63, 3.8) is 0 Å². The maximum absolute atomic E-state index is 13.7. The Morgan fingerprint density at radius 1 is 1.17 bits per heavy atom. The summed E-state index contributed by atoms with van der Waals surface area (Å²) in [6.07, 6.45) is 3.82. The van der Waals surface area contributed by atoms with Crippen molar-refractivity contribution in [1.29, 1.82) is 0 Å². The van der Waals surface area contributed by atoms with Crippen LogP contribution in [0.1, 0.15) is 43.9 Å². The molecule has 186 valence electrons. The quantitative estimate of drug-likeness (QED) is 0.281. The molecule has 1 unspecified atom stereocenters. The number of carbonyl (C=O) groups is 1. The zero-order valence-electron chi connectivity index (χ0n) is 20.0. The predicted octanol–water partition coefficient (Wildman–Crippen LogP) is 5.98. The molecule has 2 aromatic carbocycles. The van der Waals surface area contributed by atoms with E-state index in [4.69, 9.17) is 0 Å². The fourth-order valence-electron chi connectivity index (χ4n) is 4.42. The average molecular weight is 517 g/mol. The number of hydrogen-bond acceptors (Lipinski definition) is 4. The fourth-order valence-corrected chi connectivity index (χ4v) is 7.87. The van der Waals surface area contributed by atoms with Gasteiger partial charge in [0.2, 0.25) is 0 Å². The summed E-state index contributed by atoms with van der Waals surface area (Å²) in [5.74, 6) is -1.26. The number of aromatic nitrogens is 1. The molecule has 0 amide bonds. The number of sulfonamides is 1. The van der Waals surface area contributed by atoms with Gasteiger partial charge in [0.15, 0.2) is 0 Å². The van der Waals surface area contributed by atoms with Crippen LogP contribution in [0.4, 0.5) is 4.39 Å². The van der Waals surface area contributed by atoms with Gasteiger partial charge in [0.25, 0.3) is 10.0 Å². The third-order valence-electron chi connectivity index (χ3n) is 6.33. The van der Waals surface area contributed by atoms with Crippen molar-refractivity contribution >= 4 is 48.3 Å². The maximum Gasteiger partial charge on any atom is 0.326 e. The van der Waals surface area contributed by atoms with E-state index in [1.165, 1.54) is 27.8 Å². The third-order valence-corrected chi connectivity index (χ3v) is 10.1. The number of halogens is 1. The molecule has 4 rings (SSSR count). The molecule has 0 bridgehead atoms. The van der Waals surface area contributed by atoms with Crippen LogP contribution in [0, 0.1) is 12.7 Å². The van der Waals surface area contributed by atoms with Crippen LogP contribution in [-0.4, -0.2) is 41.5 Å². The first-order valence-corrected chi connectivity index (χ1v) is 13.9. The normalized spacial score (nSPS) is 13.2. The second-order valence-electron chi connectivity index (χ2n) is 8.79. The number of fused-ring (bicyclic) bond motifs is 2. The Labute approximate surface area is 208 Å². The van der Waals surface area contributed by atoms with Gasteiger partial charge < -0.3 is 9.67 Å². The van der Waals surface area contributed by atoms with Crippen LogP contribution in [0.3, 0.4) is 0 Å². The topological polar surface area (TPSA) is 79.6 Å². The van der Waals surface area contributed by atoms with Crippen molar-refractivity contribution in [3.05, 3.63) is 65.6 Å². The molecule has 0 radical (unpaired) electrons. The second kappa shape index (κ2) is 10.1. The summed E-state index contributed by atoms with van der Waals surface area (Å²) in [6, 6.07) is 11.5. The molecule has 0 spiro atoms. The van der Waals surface area contributed by atoms with Crippen LogP contribution in [0.15, 0.2) is 52.9 Å². The van der Waals surface area contributed by atoms with Crippen molar-refractivity contribution < 1.29 is 22.7 Å². The van der Waals surface area contributed by atoms with Gasteiger partial charge >= 0.3 is 5.97 Å². The predicted molar refractivity (Wildman–Crippen MR) is 138 cm³/mol. The van der Waals surface area contributed by atoms with Gasteiger partial charge in [-0.2, -0.15) is 4.31 Å². The molecule has 0 saturated carbocycles. The van der Waals surface area contributed by atoms with Gasteiger partial charge in [0.05, 0.1) is 0 Å². The third kappa shape index (κ3) is 4.98. The number of rotatable bonds is 10. The minimum Gasteiger partial charge on any atom is -0.480 e. The van der Waals surface area contributed by atoms with Gasteiger partial charge in [0, 0.05) is 29.5 Å². The van der Waals surface area contributed by atoms with Crippen molar-refractivity contribution in [1.82, 2.24) is 8.87 Å². The van der Waals surface area contributed by atoms with Crippen LogP contribution < -0.4 is 0 Å². The molecule has 1 N–H and O–H groups in total. The Morgan fingerprint density at radius 3 is 2.66 bits per heavy atom. The van der Waals surface area contributed by atoms with Gasteiger partial charge in [-0.15, -0.1) is 11.3 Å². The molecule has 2 aromatic heterocycles. The smallest absolute Gasteiger partial charge is 0.326 e. The number of carboxylic acids is 1. The molecule has 0 aliphatic rings. The van der Waals surface area contributed by atoms with E-state index in [9.17, 15) is 22.7 Å². The highest BCUT2D eigenvalue weighted by molar-refractivity contribution is 7.91. The van der Waals surface area contributed by atoms with Crippen LogP contribution in [0.25, 0.3) is 21.0 Å². The molecular formula is C26H29FN2O4S2. The minimum atomic E-state index is -3.70. The first-order valence-electron chi connectivity index (χ1n) is 11.6. The summed E-state index contributed by atoms with van der Waals surface area (Å²) < 4.78 is 45.1. The SMILES string of the molecule is CCCN(CCCc1ccc2c(ccn2C(C)C(=O)O)c1)S(=O)(=O)c1sc2ccc(F)cc2c1C. The second-order valence-corrected chi connectivity index (χ2v) is 12.0. The summed E-state index contributed by atoms with van der Waals surface area (Å²) in [4.78, 5) is 11.3. The number of thiophene rings is 1. The minimum absolute atomic E-state index is 0.279. The van der Waals surface area contributed by atoms with Gasteiger partial charge in [0.1, 0.15) is 16.1 Å². The summed E-state index contributed by atoms with van der Waals surface area (Å²) in [5.41, 5.74) is 2.52. The largest absolute Gasteiger partial charge is 0.480 e. The Morgan fingerprint density at radius 2 is 1.94 bits per heavy atom. The molecule has 2 heterocycles. The zero-order valence-corrected chi connectivity index (χ0v) is 21.6. The van der Waals surface area contributed by atoms with E-state index < -0.39 is 22.0 Å². The highest BCUT2D eigenvalue weighted by Crippen LogP contribution is 2.36. The van der Waals surface area contributed by atoms with Gasteiger partial charge in [-0.05, 0) is 91.4 Å². The summed E-state index contributed by atoms with van der Waals surface area (Å²) in [5, 5.41) is 10.9. The Kier molecular flexibility index (Phi) is 7.30. The molecule has 1 atom stereocenters. The molecule has 0 aliphatic heterocycles. The first-order chi connectivity index (χ1) is 16.6. The molecule has 0 aliphatic carbocycles. The molecule has 6 nitrogen and oxygen atoms in total. The van der Waals surface area contributed by atoms with E-state index >= 15 is 0 Å². The van der Waals surface area contributed by atoms with Crippen molar-refractivity contribution in [2.75, 3.05) is 13.1 Å². The van der Waals surface area contributed by atoms with Gasteiger partial charge in [-0.25, -0.2) is 17.6 Å². The van der Waals surface area contributed by atoms with E-state index in [-0.39, 0.29) is 10.0 Å². The molecular weight excluding hydrogens is 487 g/mol. The van der Waals surface area contributed by atoms with E-state index in [0.717, 1.165) is 21.2 Å². The van der Waals surface area contributed by atoms with E-state index in [2.05, 4.69) is 0 Å². The molecule has 0 fully saturated rings. The van der Waals surface area contributed by atoms with Gasteiger partial charge in [-0.3, -0.25) is 0 Å². The van der Waals surface area contributed by atoms with Crippen LogP contribution in [0.2, 0.25) is 0 Å². The summed E-state index contributed by atoms with van der Waals surface area (Å²) in [6.45, 7) is 6.13. The number of aryl methyl sites for hydroxylation is 2. The molecule has 4 aromatic rings. The first kappa shape index (κ1) is 25.3. The molecule has 0 saturated heterocycles. The van der Waals surface area contributed by atoms with Crippen molar-refractivity contribution in [2.45, 2.75) is 50.3 Å².